The Kier molecular flexibility index (Phi) is 3.74. The summed E-state index contributed by atoms with van der Waals surface area (Å²) in [6.07, 6.45) is 0.411. The summed E-state index contributed by atoms with van der Waals surface area (Å²) < 4.78 is 0. The number of Topliss-reactive ketones (excluding diaryl/α,β-unsaturated/α-hetero) is 1. The van der Waals surface area contributed by atoms with Gasteiger partial charge in [-0.1, -0.05) is 19.1 Å². The average Bonchev–Trinajstić information content (AvgIpc) is 2.16. The van der Waals surface area contributed by atoms with Crippen molar-refractivity contribution in [3.63, 3.8) is 0 Å². The van der Waals surface area contributed by atoms with Gasteiger partial charge < -0.3 is 10.0 Å². The Labute approximate surface area is 88.3 Å². The van der Waals surface area contributed by atoms with E-state index in [1.807, 2.05) is 0 Å². The highest BCUT2D eigenvalue weighted by atomic mass is 32.1. The van der Waals surface area contributed by atoms with Crippen LogP contribution in [0.15, 0.2) is 23.1 Å². The predicted molar refractivity (Wildman–Crippen MR) is 58.1 cm³/mol. The number of ketones is 1. The Balaban J connectivity index is 3.07. The van der Waals surface area contributed by atoms with Crippen molar-refractivity contribution in [1.82, 2.24) is 0 Å². The standard InChI is InChI=1S/C9H11BO3S/c1-2-8(11)7-4-3-6(10(12)13)5-9(7)14/h3-5,12-14H,2H2,1H3. The van der Waals surface area contributed by atoms with Gasteiger partial charge in [-0.25, -0.2) is 0 Å². The molecule has 1 rings (SSSR count). The maximum atomic E-state index is 11.3. The number of hydrogen-bond acceptors (Lipinski definition) is 4. The zero-order valence-corrected chi connectivity index (χ0v) is 8.66. The van der Waals surface area contributed by atoms with Gasteiger partial charge in [-0.3, -0.25) is 4.79 Å². The number of thiol groups is 1. The van der Waals surface area contributed by atoms with Gasteiger partial charge in [-0.2, -0.15) is 0 Å². The van der Waals surface area contributed by atoms with Gasteiger partial charge in [0, 0.05) is 16.9 Å². The van der Waals surface area contributed by atoms with E-state index in [0.717, 1.165) is 0 Å². The molecule has 1 aromatic carbocycles. The molecule has 0 heterocycles. The number of carbonyl (C=O) groups is 1. The number of rotatable bonds is 3. The molecule has 0 unspecified atom stereocenters. The van der Waals surface area contributed by atoms with Crippen molar-refractivity contribution in [2.24, 2.45) is 0 Å². The fourth-order valence-electron chi connectivity index (χ4n) is 1.14. The second-order valence-corrected chi connectivity index (χ2v) is 3.41. The van der Waals surface area contributed by atoms with Crippen molar-refractivity contribution in [2.75, 3.05) is 0 Å². The molecule has 0 aliphatic carbocycles. The molecule has 0 aliphatic heterocycles. The minimum absolute atomic E-state index is 0.00557. The van der Waals surface area contributed by atoms with Crippen LogP contribution in [-0.4, -0.2) is 22.9 Å². The molecule has 14 heavy (non-hydrogen) atoms. The molecule has 0 fully saturated rings. The second-order valence-electron chi connectivity index (χ2n) is 2.93. The largest absolute Gasteiger partial charge is 0.488 e. The molecule has 0 aliphatic rings. The van der Waals surface area contributed by atoms with Crippen LogP contribution >= 0.6 is 12.6 Å². The van der Waals surface area contributed by atoms with Gasteiger partial charge in [0.1, 0.15) is 0 Å². The van der Waals surface area contributed by atoms with Crippen molar-refractivity contribution in [3.8, 4) is 0 Å². The Morgan fingerprint density at radius 1 is 1.50 bits per heavy atom. The fraction of sp³-hybridized carbons (Fsp3) is 0.222. The Morgan fingerprint density at radius 3 is 2.57 bits per heavy atom. The molecule has 0 atom stereocenters. The summed E-state index contributed by atoms with van der Waals surface area (Å²) in [6, 6.07) is 4.55. The summed E-state index contributed by atoms with van der Waals surface area (Å²) in [7, 11) is -1.52. The van der Waals surface area contributed by atoms with Crippen LogP contribution in [-0.2, 0) is 0 Å². The quantitative estimate of drug-likeness (QED) is 0.380. The summed E-state index contributed by atoms with van der Waals surface area (Å²) in [5.74, 6) is -0.00557. The van der Waals surface area contributed by atoms with E-state index in [2.05, 4.69) is 12.6 Å². The Hall–Kier alpha value is -0.775. The lowest BCUT2D eigenvalue weighted by atomic mass is 9.80. The van der Waals surface area contributed by atoms with E-state index in [-0.39, 0.29) is 5.78 Å². The van der Waals surface area contributed by atoms with Crippen LogP contribution in [0, 0.1) is 0 Å². The van der Waals surface area contributed by atoms with E-state index < -0.39 is 7.12 Å². The highest BCUT2D eigenvalue weighted by Gasteiger charge is 2.14. The fourth-order valence-corrected chi connectivity index (χ4v) is 1.48. The first-order valence-electron chi connectivity index (χ1n) is 4.28. The Bertz CT molecular complexity index is 352. The first-order chi connectivity index (χ1) is 6.56. The molecule has 0 saturated heterocycles. The normalized spacial score (nSPS) is 10.0. The summed E-state index contributed by atoms with van der Waals surface area (Å²) in [5.41, 5.74) is 0.850. The Morgan fingerprint density at radius 2 is 2.14 bits per heavy atom. The number of carbonyl (C=O) groups excluding carboxylic acids is 1. The third kappa shape index (κ3) is 2.38. The lowest BCUT2D eigenvalue weighted by Gasteiger charge is -2.05. The smallest absolute Gasteiger partial charge is 0.423 e. The summed E-state index contributed by atoms with van der Waals surface area (Å²) in [4.78, 5) is 11.8. The molecule has 3 nitrogen and oxygen atoms in total. The molecule has 5 heteroatoms. The first-order valence-corrected chi connectivity index (χ1v) is 4.73. The van der Waals surface area contributed by atoms with E-state index in [9.17, 15) is 4.79 Å². The van der Waals surface area contributed by atoms with Gasteiger partial charge in [0.2, 0.25) is 0 Å². The monoisotopic (exact) mass is 210 g/mol. The van der Waals surface area contributed by atoms with Crippen molar-refractivity contribution >= 4 is 31.0 Å². The minimum Gasteiger partial charge on any atom is -0.423 e. The molecule has 0 aromatic heterocycles. The van der Waals surface area contributed by atoms with Crippen LogP contribution in [0.5, 0.6) is 0 Å². The van der Waals surface area contributed by atoms with E-state index >= 15 is 0 Å². The molecule has 0 saturated carbocycles. The van der Waals surface area contributed by atoms with Gasteiger partial charge in [0.25, 0.3) is 0 Å². The molecule has 74 valence electrons. The number of hydrogen-bond donors (Lipinski definition) is 3. The van der Waals surface area contributed by atoms with Gasteiger partial charge in [0.05, 0.1) is 0 Å². The first kappa shape index (κ1) is 11.3. The van der Waals surface area contributed by atoms with E-state index in [4.69, 9.17) is 10.0 Å². The zero-order valence-electron chi connectivity index (χ0n) is 7.77. The molecule has 0 radical (unpaired) electrons. The maximum Gasteiger partial charge on any atom is 0.488 e. The van der Waals surface area contributed by atoms with Crippen LogP contribution in [0.1, 0.15) is 23.7 Å². The molecular formula is C9H11BO3S. The molecule has 1 aromatic rings. The van der Waals surface area contributed by atoms with E-state index in [1.165, 1.54) is 12.1 Å². The minimum atomic E-state index is -1.52. The lowest BCUT2D eigenvalue weighted by Crippen LogP contribution is -2.30. The van der Waals surface area contributed by atoms with Gasteiger partial charge in [-0.05, 0) is 11.5 Å². The van der Waals surface area contributed by atoms with Crippen LogP contribution in [0.4, 0.5) is 0 Å². The van der Waals surface area contributed by atoms with E-state index in [0.29, 0.717) is 22.3 Å². The van der Waals surface area contributed by atoms with Crippen LogP contribution in [0.25, 0.3) is 0 Å². The topological polar surface area (TPSA) is 57.5 Å². The molecular weight excluding hydrogens is 199 g/mol. The zero-order chi connectivity index (χ0) is 10.7. The average molecular weight is 210 g/mol. The van der Waals surface area contributed by atoms with Gasteiger partial charge >= 0.3 is 7.12 Å². The SMILES string of the molecule is CCC(=O)c1ccc(B(O)O)cc1S. The van der Waals surface area contributed by atoms with Crippen molar-refractivity contribution < 1.29 is 14.8 Å². The third-order valence-corrected chi connectivity index (χ3v) is 2.31. The van der Waals surface area contributed by atoms with E-state index in [1.54, 1.807) is 13.0 Å². The summed E-state index contributed by atoms with van der Waals surface area (Å²) >= 11 is 4.11. The highest BCUT2D eigenvalue weighted by Crippen LogP contribution is 2.13. The van der Waals surface area contributed by atoms with Crippen LogP contribution in [0.3, 0.4) is 0 Å². The van der Waals surface area contributed by atoms with Crippen molar-refractivity contribution in [2.45, 2.75) is 18.2 Å². The highest BCUT2D eigenvalue weighted by molar-refractivity contribution is 7.80. The molecule has 0 bridgehead atoms. The van der Waals surface area contributed by atoms with Crippen molar-refractivity contribution in [3.05, 3.63) is 23.8 Å². The third-order valence-electron chi connectivity index (χ3n) is 1.94. The number of benzene rings is 1. The molecule has 0 amide bonds. The summed E-state index contributed by atoms with van der Waals surface area (Å²) in [5, 5.41) is 17.7. The molecule has 0 spiro atoms. The second kappa shape index (κ2) is 4.64. The molecule has 2 N–H and O–H groups in total. The van der Waals surface area contributed by atoms with Crippen LogP contribution in [0.2, 0.25) is 0 Å². The maximum absolute atomic E-state index is 11.3. The summed E-state index contributed by atoms with van der Waals surface area (Å²) in [6.45, 7) is 1.77. The lowest BCUT2D eigenvalue weighted by molar-refractivity contribution is 0.0985. The van der Waals surface area contributed by atoms with Gasteiger partial charge in [-0.15, -0.1) is 12.6 Å². The predicted octanol–water partition coefficient (Wildman–Crippen LogP) is 0.248. The van der Waals surface area contributed by atoms with Crippen molar-refractivity contribution in [1.29, 1.82) is 0 Å². The van der Waals surface area contributed by atoms with Crippen LogP contribution < -0.4 is 5.46 Å². The van der Waals surface area contributed by atoms with Gasteiger partial charge in [0.15, 0.2) is 5.78 Å².